The Morgan fingerprint density at radius 2 is 1.45 bits per heavy atom. The highest BCUT2D eigenvalue weighted by Crippen LogP contribution is 2.36. The molecule has 5 heteroatoms. The van der Waals surface area contributed by atoms with E-state index in [1.165, 1.54) is 0 Å². The number of methoxy groups -OCH3 is 2. The van der Waals surface area contributed by atoms with Crippen molar-refractivity contribution in [3.05, 3.63) is 94.8 Å². The standard InChI is InChI=1S/C26H20N2O3/c1-30-20-12-13-21(25(14-20)31-2)22-15-24(28-26(29)23(22)16-27)19-10-8-18(9-11-19)17-6-4-3-5-7-17/h3-15H,1-2H3,(H,28,29). The molecule has 0 fully saturated rings. The van der Waals surface area contributed by atoms with Crippen molar-refractivity contribution in [3.8, 4) is 51.1 Å². The van der Waals surface area contributed by atoms with Gasteiger partial charge >= 0.3 is 0 Å². The molecular formula is C26H20N2O3. The quantitative estimate of drug-likeness (QED) is 0.488. The van der Waals surface area contributed by atoms with Crippen molar-refractivity contribution in [2.24, 2.45) is 0 Å². The van der Waals surface area contributed by atoms with Crippen molar-refractivity contribution in [3.63, 3.8) is 0 Å². The molecule has 1 aromatic heterocycles. The lowest BCUT2D eigenvalue weighted by Gasteiger charge is -2.13. The second-order valence-corrected chi connectivity index (χ2v) is 6.92. The van der Waals surface area contributed by atoms with Gasteiger partial charge in [0.1, 0.15) is 23.1 Å². The van der Waals surface area contributed by atoms with Crippen LogP contribution in [0.2, 0.25) is 0 Å². The van der Waals surface area contributed by atoms with Gasteiger partial charge in [-0.3, -0.25) is 4.79 Å². The Hall–Kier alpha value is -4.30. The molecule has 1 heterocycles. The minimum Gasteiger partial charge on any atom is -0.497 e. The Bertz CT molecular complexity index is 1320. The molecule has 31 heavy (non-hydrogen) atoms. The molecule has 0 saturated heterocycles. The number of aromatic nitrogens is 1. The smallest absolute Gasteiger partial charge is 0.266 e. The van der Waals surface area contributed by atoms with Crippen molar-refractivity contribution in [2.75, 3.05) is 14.2 Å². The number of rotatable bonds is 5. The molecule has 0 spiro atoms. The average molecular weight is 408 g/mol. The van der Waals surface area contributed by atoms with E-state index in [0.717, 1.165) is 16.7 Å². The van der Waals surface area contributed by atoms with Gasteiger partial charge in [-0.2, -0.15) is 5.26 Å². The van der Waals surface area contributed by atoms with Gasteiger partial charge in [-0.05, 0) is 34.9 Å². The third-order valence-electron chi connectivity index (χ3n) is 5.15. The Morgan fingerprint density at radius 3 is 2.10 bits per heavy atom. The molecule has 0 atom stereocenters. The van der Waals surface area contributed by atoms with Crippen LogP contribution in [0.3, 0.4) is 0 Å². The lowest BCUT2D eigenvalue weighted by molar-refractivity contribution is 0.395. The van der Waals surface area contributed by atoms with Crippen LogP contribution in [-0.2, 0) is 0 Å². The first kappa shape index (κ1) is 20.0. The topological polar surface area (TPSA) is 75.1 Å². The molecule has 1 N–H and O–H groups in total. The minimum atomic E-state index is -0.444. The van der Waals surface area contributed by atoms with Gasteiger partial charge in [-0.25, -0.2) is 0 Å². The zero-order valence-corrected chi connectivity index (χ0v) is 17.2. The fraction of sp³-hybridized carbons (Fsp3) is 0.0769. The fourth-order valence-electron chi connectivity index (χ4n) is 3.53. The summed E-state index contributed by atoms with van der Waals surface area (Å²) in [6, 6.07) is 27.1. The molecule has 0 aliphatic rings. The van der Waals surface area contributed by atoms with Gasteiger partial charge in [-0.1, -0.05) is 54.6 Å². The second kappa shape index (κ2) is 8.60. The summed E-state index contributed by atoms with van der Waals surface area (Å²) in [7, 11) is 3.11. The van der Waals surface area contributed by atoms with Gasteiger partial charge in [-0.15, -0.1) is 0 Å². The summed E-state index contributed by atoms with van der Waals surface area (Å²) in [5.74, 6) is 1.15. The Labute approximate surface area is 180 Å². The van der Waals surface area contributed by atoms with E-state index in [1.54, 1.807) is 32.4 Å². The van der Waals surface area contributed by atoms with Gasteiger partial charge in [0.2, 0.25) is 0 Å². The van der Waals surface area contributed by atoms with Crippen LogP contribution in [-0.4, -0.2) is 19.2 Å². The van der Waals surface area contributed by atoms with Crippen molar-refractivity contribution in [1.29, 1.82) is 5.26 Å². The van der Waals surface area contributed by atoms with Gasteiger partial charge in [0.05, 0.1) is 14.2 Å². The maximum Gasteiger partial charge on any atom is 0.266 e. The van der Waals surface area contributed by atoms with Crippen LogP contribution in [0.15, 0.2) is 83.7 Å². The maximum atomic E-state index is 12.7. The number of aromatic amines is 1. The molecule has 0 radical (unpaired) electrons. The van der Waals surface area contributed by atoms with E-state index < -0.39 is 5.56 Å². The predicted molar refractivity (Wildman–Crippen MR) is 121 cm³/mol. The minimum absolute atomic E-state index is 0.0353. The summed E-state index contributed by atoms with van der Waals surface area (Å²) in [5, 5.41) is 9.61. The molecule has 5 nitrogen and oxygen atoms in total. The Balaban J connectivity index is 1.83. The van der Waals surface area contributed by atoms with E-state index in [9.17, 15) is 10.1 Å². The molecule has 0 saturated carbocycles. The van der Waals surface area contributed by atoms with Crippen LogP contribution < -0.4 is 15.0 Å². The molecule has 152 valence electrons. The van der Waals surface area contributed by atoms with Crippen LogP contribution in [0.4, 0.5) is 0 Å². The van der Waals surface area contributed by atoms with Crippen LogP contribution in [0, 0.1) is 11.3 Å². The Kier molecular flexibility index (Phi) is 5.55. The van der Waals surface area contributed by atoms with E-state index in [-0.39, 0.29) is 5.56 Å². The highest BCUT2D eigenvalue weighted by molar-refractivity contribution is 5.80. The average Bonchev–Trinajstić information content (AvgIpc) is 2.83. The molecule has 4 rings (SSSR count). The van der Waals surface area contributed by atoms with Gasteiger partial charge in [0.25, 0.3) is 5.56 Å². The molecule has 0 unspecified atom stereocenters. The molecule has 0 amide bonds. The number of pyridine rings is 1. The number of hydrogen-bond acceptors (Lipinski definition) is 4. The molecule has 3 aromatic carbocycles. The fourth-order valence-corrected chi connectivity index (χ4v) is 3.53. The highest BCUT2D eigenvalue weighted by Gasteiger charge is 2.16. The number of benzene rings is 3. The van der Waals surface area contributed by atoms with E-state index in [2.05, 4.69) is 4.98 Å². The number of H-pyrrole nitrogens is 1. The maximum absolute atomic E-state index is 12.7. The van der Waals surface area contributed by atoms with Crippen molar-refractivity contribution in [1.82, 2.24) is 4.98 Å². The monoisotopic (exact) mass is 408 g/mol. The van der Waals surface area contributed by atoms with E-state index in [1.807, 2.05) is 66.7 Å². The van der Waals surface area contributed by atoms with E-state index in [4.69, 9.17) is 9.47 Å². The van der Waals surface area contributed by atoms with Crippen LogP contribution >= 0.6 is 0 Å². The summed E-state index contributed by atoms with van der Waals surface area (Å²) in [6.45, 7) is 0. The summed E-state index contributed by atoms with van der Waals surface area (Å²) in [5.41, 5.74) is 4.41. The number of nitriles is 1. The first-order valence-electron chi connectivity index (χ1n) is 9.70. The van der Waals surface area contributed by atoms with Gasteiger partial charge in [0.15, 0.2) is 0 Å². The third kappa shape index (κ3) is 3.92. The van der Waals surface area contributed by atoms with Crippen molar-refractivity contribution < 1.29 is 9.47 Å². The summed E-state index contributed by atoms with van der Waals surface area (Å²) in [4.78, 5) is 15.5. The zero-order chi connectivity index (χ0) is 21.8. The summed E-state index contributed by atoms with van der Waals surface area (Å²) >= 11 is 0. The first-order valence-corrected chi connectivity index (χ1v) is 9.70. The van der Waals surface area contributed by atoms with Gasteiger partial charge in [0, 0.05) is 22.9 Å². The molecule has 0 aliphatic carbocycles. The molecular weight excluding hydrogens is 388 g/mol. The van der Waals surface area contributed by atoms with E-state index >= 15 is 0 Å². The number of nitrogens with zero attached hydrogens (tertiary/aromatic N) is 1. The van der Waals surface area contributed by atoms with E-state index in [0.29, 0.717) is 28.3 Å². The first-order chi connectivity index (χ1) is 15.1. The van der Waals surface area contributed by atoms with Crippen LogP contribution in [0.5, 0.6) is 11.5 Å². The van der Waals surface area contributed by atoms with Crippen molar-refractivity contribution in [2.45, 2.75) is 0 Å². The van der Waals surface area contributed by atoms with Crippen molar-refractivity contribution >= 4 is 0 Å². The normalized spacial score (nSPS) is 10.4. The Morgan fingerprint density at radius 1 is 0.774 bits per heavy atom. The second-order valence-electron chi connectivity index (χ2n) is 6.92. The zero-order valence-electron chi connectivity index (χ0n) is 17.2. The summed E-state index contributed by atoms with van der Waals surface area (Å²) in [6.07, 6.45) is 0. The largest absolute Gasteiger partial charge is 0.497 e. The molecule has 0 aliphatic heterocycles. The molecule has 0 bridgehead atoms. The van der Waals surface area contributed by atoms with Crippen LogP contribution in [0.25, 0.3) is 33.5 Å². The number of hydrogen-bond donors (Lipinski definition) is 1. The lowest BCUT2D eigenvalue weighted by atomic mass is 9.97. The highest BCUT2D eigenvalue weighted by atomic mass is 16.5. The third-order valence-corrected chi connectivity index (χ3v) is 5.15. The summed E-state index contributed by atoms with van der Waals surface area (Å²) < 4.78 is 10.7. The molecule has 4 aromatic rings. The predicted octanol–water partition coefficient (Wildman–Crippen LogP) is 5.26. The SMILES string of the molecule is COc1ccc(-c2cc(-c3ccc(-c4ccccc4)cc3)[nH]c(=O)c2C#N)c(OC)c1. The van der Waals surface area contributed by atoms with Gasteiger partial charge < -0.3 is 14.5 Å². The number of ether oxygens (including phenoxy) is 2. The van der Waals surface area contributed by atoms with Crippen LogP contribution in [0.1, 0.15) is 5.56 Å². The lowest BCUT2D eigenvalue weighted by Crippen LogP contribution is -2.13. The number of nitrogens with one attached hydrogen (secondary N) is 1.